The molecule has 1 saturated carbocycles. The van der Waals surface area contributed by atoms with Crippen molar-refractivity contribution in [1.29, 1.82) is 0 Å². The zero-order valence-corrected chi connectivity index (χ0v) is 12.6. The quantitative estimate of drug-likeness (QED) is 0.870. The second kappa shape index (κ2) is 6.58. The van der Waals surface area contributed by atoms with Crippen LogP contribution in [0.15, 0.2) is 30.3 Å². The largest absolute Gasteiger partial charge is 0.365 e. The summed E-state index contributed by atoms with van der Waals surface area (Å²) in [5, 5.41) is 3.51. The van der Waals surface area contributed by atoms with E-state index in [0.29, 0.717) is 6.04 Å². The Labute approximate surface area is 126 Å². The average Bonchev–Trinajstić information content (AvgIpc) is 3.32. The van der Waals surface area contributed by atoms with Crippen LogP contribution in [0.5, 0.6) is 0 Å². The molecule has 2 aliphatic rings. The van der Waals surface area contributed by atoms with Crippen molar-refractivity contribution in [2.24, 2.45) is 5.92 Å². The summed E-state index contributed by atoms with van der Waals surface area (Å²) in [6.45, 7) is 4.82. The van der Waals surface area contributed by atoms with Crippen LogP contribution in [-0.2, 0) is 9.53 Å². The van der Waals surface area contributed by atoms with E-state index in [2.05, 4.69) is 36.5 Å². The Morgan fingerprint density at radius 1 is 1.33 bits per heavy atom. The van der Waals surface area contributed by atoms with E-state index in [-0.39, 0.29) is 18.6 Å². The number of nitrogens with one attached hydrogen (secondary N) is 1. The van der Waals surface area contributed by atoms with Gasteiger partial charge < -0.3 is 15.0 Å². The van der Waals surface area contributed by atoms with E-state index in [1.54, 1.807) is 0 Å². The molecule has 4 nitrogen and oxygen atoms in total. The summed E-state index contributed by atoms with van der Waals surface area (Å²) in [6.07, 6.45) is 2.66. The normalized spacial score (nSPS) is 24.1. The lowest BCUT2D eigenvalue weighted by molar-refractivity contribution is -0.148. The molecule has 21 heavy (non-hydrogen) atoms. The van der Waals surface area contributed by atoms with Crippen molar-refractivity contribution in [2.45, 2.75) is 31.9 Å². The molecule has 0 radical (unpaired) electrons. The van der Waals surface area contributed by atoms with Crippen molar-refractivity contribution in [1.82, 2.24) is 10.2 Å². The molecule has 0 bridgehead atoms. The van der Waals surface area contributed by atoms with Gasteiger partial charge in [-0.05, 0) is 31.2 Å². The highest BCUT2D eigenvalue weighted by Crippen LogP contribution is 2.30. The van der Waals surface area contributed by atoms with E-state index in [4.69, 9.17) is 4.74 Å². The fourth-order valence-corrected chi connectivity index (χ4v) is 2.76. The van der Waals surface area contributed by atoms with Crippen LogP contribution in [0.1, 0.15) is 31.4 Å². The third-order valence-electron chi connectivity index (χ3n) is 4.35. The summed E-state index contributed by atoms with van der Waals surface area (Å²) in [5.74, 6) is 0.887. The van der Waals surface area contributed by atoms with Crippen molar-refractivity contribution in [2.75, 3.05) is 26.2 Å². The van der Waals surface area contributed by atoms with Gasteiger partial charge in [-0.3, -0.25) is 4.79 Å². The number of ether oxygens (including phenoxy) is 1. The fourth-order valence-electron chi connectivity index (χ4n) is 2.76. The average molecular weight is 288 g/mol. The Hall–Kier alpha value is -1.39. The molecule has 1 aliphatic carbocycles. The topological polar surface area (TPSA) is 41.6 Å². The smallest absolute Gasteiger partial charge is 0.248 e. The van der Waals surface area contributed by atoms with E-state index in [9.17, 15) is 4.79 Å². The third-order valence-corrected chi connectivity index (χ3v) is 4.35. The molecule has 1 heterocycles. The van der Waals surface area contributed by atoms with Crippen LogP contribution in [0.25, 0.3) is 0 Å². The van der Waals surface area contributed by atoms with Gasteiger partial charge >= 0.3 is 0 Å². The number of carbonyl (C=O) groups excluding carboxylic acids is 1. The highest BCUT2D eigenvalue weighted by Gasteiger charge is 2.31. The maximum absolute atomic E-state index is 11.8. The number of hydrogen-bond acceptors (Lipinski definition) is 3. The van der Waals surface area contributed by atoms with Gasteiger partial charge in [-0.25, -0.2) is 0 Å². The Morgan fingerprint density at radius 2 is 2.10 bits per heavy atom. The molecule has 1 aromatic carbocycles. The van der Waals surface area contributed by atoms with E-state index >= 15 is 0 Å². The van der Waals surface area contributed by atoms with Crippen molar-refractivity contribution >= 4 is 5.91 Å². The Morgan fingerprint density at radius 3 is 2.81 bits per heavy atom. The third kappa shape index (κ3) is 4.05. The lowest BCUT2D eigenvalue weighted by atomic mass is 10.1. The fraction of sp³-hybridized carbons (Fsp3) is 0.588. The number of carbonyl (C=O) groups is 1. The van der Waals surface area contributed by atoms with Crippen LogP contribution in [0.4, 0.5) is 0 Å². The highest BCUT2D eigenvalue weighted by atomic mass is 16.5. The summed E-state index contributed by atoms with van der Waals surface area (Å²) >= 11 is 0. The Bertz CT molecular complexity index is 473. The molecule has 0 spiro atoms. The van der Waals surface area contributed by atoms with Crippen LogP contribution in [-0.4, -0.2) is 43.2 Å². The maximum atomic E-state index is 11.8. The summed E-state index contributed by atoms with van der Waals surface area (Å²) in [7, 11) is 0. The van der Waals surface area contributed by atoms with Crippen LogP contribution in [0.3, 0.4) is 0 Å². The predicted molar refractivity (Wildman–Crippen MR) is 81.9 cm³/mol. The maximum Gasteiger partial charge on any atom is 0.248 e. The standard InChI is InChI=1S/C17H24N2O2/c1-13(15-5-3-2-4-6-15)18-9-16-11-19(10-14-7-8-14)17(20)12-21-16/h2-6,13-14,16,18H,7-12H2,1H3. The lowest BCUT2D eigenvalue weighted by Crippen LogP contribution is -2.50. The minimum atomic E-state index is 0.104. The first-order valence-corrected chi connectivity index (χ1v) is 7.90. The molecule has 114 valence electrons. The van der Waals surface area contributed by atoms with Gasteiger partial charge in [0, 0.05) is 25.7 Å². The Balaban J connectivity index is 1.47. The van der Waals surface area contributed by atoms with Crippen LogP contribution in [0.2, 0.25) is 0 Å². The number of morpholine rings is 1. The summed E-state index contributed by atoms with van der Waals surface area (Å²) < 4.78 is 5.66. The van der Waals surface area contributed by atoms with Gasteiger partial charge in [-0.2, -0.15) is 0 Å². The van der Waals surface area contributed by atoms with Gasteiger partial charge in [-0.1, -0.05) is 30.3 Å². The monoisotopic (exact) mass is 288 g/mol. The van der Waals surface area contributed by atoms with Gasteiger partial charge in [0.2, 0.25) is 5.91 Å². The van der Waals surface area contributed by atoms with E-state index in [1.165, 1.54) is 18.4 Å². The zero-order valence-electron chi connectivity index (χ0n) is 12.6. The Kier molecular flexibility index (Phi) is 4.56. The molecule has 0 aromatic heterocycles. The summed E-state index contributed by atoms with van der Waals surface area (Å²) in [4.78, 5) is 13.8. The molecule has 1 N–H and O–H groups in total. The molecule has 1 aliphatic heterocycles. The van der Waals surface area contributed by atoms with Crippen molar-refractivity contribution in [3.8, 4) is 0 Å². The second-order valence-electron chi connectivity index (χ2n) is 6.22. The van der Waals surface area contributed by atoms with Crippen molar-refractivity contribution < 1.29 is 9.53 Å². The SMILES string of the molecule is CC(NCC1CN(CC2CC2)C(=O)CO1)c1ccccc1. The van der Waals surface area contributed by atoms with Crippen molar-refractivity contribution in [3.63, 3.8) is 0 Å². The first kappa shape index (κ1) is 14.5. The first-order valence-electron chi connectivity index (χ1n) is 7.90. The number of nitrogens with zero attached hydrogens (tertiary/aromatic N) is 1. The first-order chi connectivity index (χ1) is 10.2. The lowest BCUT2D eigenvalue weighted by Gasteiger charge is -2.33. The van der Waals surface area contributed by atoms with E-state index in [1.807, 2.05) is 11.0 Å². The van der Waals surface area contributed by atoms with Crippen LogP contribution >= 0.6 is 0 Å². The molecule has 1 saturated heterocycles. The van der Waals surface area contributed by atoms with Crippen LogP contribution < -0.4 is 5.32 Å². The zero-order chi connectivity index (χ0) is 14.7. The highest BCUT2D eigenvalue weighted by molar-refractivity contribution is 5.78. The molecular formula is C17H24N2O2. The van der Waals surface area contributed by atoms with Gasteiger partial charge in [-0.15, -0.1) is 0 Å². The number of benzene rings is 1. The number of rotatable bonds is 6. The molecule has 4 heteroatoms. The van der Waals surface area contributed by atoms with E-state index < -0.39 is 0 Å². The van der Waals surface area contributed by atoms with Gasteiger partial charge in [0.1, 0.15) is 6.61 Å². The number of amides is 1. The van der Waals surface area contributed by atoms with Crippen LogP contribution in [0, 0.1) is 5.92 Å². The van der Waals surface area contributed by atoms with Gasteiger partial charge in [0.15, 0.2) is 0 Å². The molecular weight excluding hydrogens is 264 g/mol. The van der Waals surface area contributed by atoms with Crippen molar-refractivity contribution in [3.05, 3.63) is 35.9 Å². The molecule has 2 fully saturated rings. The van der Waals surface area contributed by atoms with Gasteiger partial charge in [0.25, 0.3) is 0 Å². The molecule has 1 amide bonds. The minimum absolute atomic E-state index is 0.104. The molecule has 1 aromatic rings. The summed E-state index contributed by atoms with van der Waals surface area (Å²) in [5.41, 5.74) is 1.28. The second-order valence-corrected chi connectivity index (χ2v) is 6.22. The molecule has 3 rings (SSSR count). The minimum Gasteiger partial charge on any atom is -0.365 e. The summed E-state index contributed by atoms with van der Waals surface area (Å²) in [6, 6.07) is 10.7. The number of hydrogen-bond donors (Lipinski definition) is 1. The molecule has 2 unspecified atom stereocenters. The van der Waals surface area contributed by atoms with E-state index in [0.717, 1.165) is 25.6 Å². The molecule has 2 atom stereocenters. The predicted octanol–water partition coefficient (Wildman–Crippen LogP) is 1.97. The van der Waals surface area contributed by atoms with Gasteiger partial charge in [0.05, 0.1) is 6.10 Å².